The second-order valence-electron chi connectivity index (χ2n) is 16.5. The summed E-state index contributed by atoms with van der Waals surface area (Å²) in [6, 6.07) is 12.6. The highest BCUT2D eigenvalue weighted by molar-refractivity contribution is 6.19. The van der Waals surface area contributed by atoms with Crippen LogP contribution in [0.15, 0.2) is 48.5 Å². The van der Waals surface area contributed by atoms with Gasteiger partial charge in [0.1, 0.15) is 24.2 Å². The number of nitrogens with one attached hydrogen (secondary N) is 6. The highest BCUT2D eigenvalue weighted by atomic mass is 35.5. The van der Waals surface area contributed by atoms with E-state index in [0.29, 0.717) is 133 Å². The molecule has 16 nitrogen and oxygen atoms in total. The summed E-state index contributed by atoms with van der Waals surface area (Å²) >= 11 is 23.7. The number of amides is 4. The summed E-state index contributed by atoms with van der Waals surface area (Å²) in [5.41, 5.74) is 4.02. The van der Waals surface area contributed by atoms with Gasteiger partial charge in [-0.2, -0.15) is 0 Å². The van der Waals surface area contributed by atoms with Crippen molar-refractivity contribution in [2.75, 3.05) is 85.7 Å². The van der Waals surface area contributed by atoms with E-state index >= 15 is 0 Å². The smallest absolute Gasteiger partial charge is 0.320 e. The molecule has 4 atom stereocenters. The molecule has 1 saturated heterocycles. The van der Waals surface area contributed by atoms with E-state index in [4.69, 9.17) is 46.4 Å². The number of nitrogens with zero attached hydrogens (tertiary/aromatic N) is 2. The molecule has 20 heteroatoms. The molecule has 0 bridgehead atoms. The van der Waals surface area contributed by atoms with Crippen LogP contribution < -0.4 is 41.7 Å². The molecule has 67 heavy (non-hydrogen) atoms. The fraction of sp³-hybridized carbons (Fsp3) is 0.617. The molecular weight excluding hydrogens is 946 g/mol. The maximum absolute atomic E-state index is 13.2. The number of aryl methyl sites for hydroxylation is 2. The number of carbonyl (C=O) groups excluding carboxylic acids is 4. The topological polar surface area (TPSA) is 222 Å². The summed E-state index contributed by atoms with van der Waals surface area (Å²) in [4.78, 5) is 80.5. The molecular formula is C47H84Cl4N8O8. The Bertz CT molecular complexity index is 1820. The first-order chi connectivity index (χ1) is 32.4. The van der Waals surface area contributed by atoms with Crippen LogP contribution in [-0.2, 0) is 41.6 Å². The van der Waals surface area contributed by atoms with E-state index in [1.807, 2.05) is 48.5 Å². The monoisotopic (exact) mass is 1030 g/mol. The predicted octanol–water partition coefficient (Wildman–Crippen LogP) is 6.35. The molecule has 0 unspecified atom stereocenters. The molecule has 1 heterocycles. The molecule has 1 aliphatic heterocycles. The van der Waals surface area contributed by atoms with Crippen LogP contribution in [0.2, 0.25) is 0 Å². The molecule has 8 N–H and O–H groups in total. The first-order valence-electron chi connectivity index (χ1n) is 23.4. The highest BCUT2D eigenvalue weighted by Crippen LogP contribution is 2.19. The molecule has 0 aliphatic carbocycles. The van der Waals surface area contributed by atoms with Crippen molar-refractivity contribution in [3.63, 3.8) is 0 Å². The van der Waals surface area contributed by atoms with Gasteiger partial charge in [0.2, 0.25) is 23.6 Å². The number of hydrogen-bond donors (Lipinski definition) is 8. The van der Waals surface area contributed by atoms with E-state index in [9.17, 15) is 39.0 Å². The average molecular weight is 1030 g/mol. The number of anilines is 2. The molecule has 0 spiro atoms. The number of carboxylic acid groups (broad SMARTS) is 2. The Labute approximate surface area is 425 Å². The number of halogens is 4. The van der Waals surface area contributed by atoms with E-state index in [-0.39, 0.29) is 47.7 Å². The largest absolute Gasteiger partial charge is 0.480 e. The molecule has 0 saturated carbocycles. The molecule has 388 valence electrons. The van der Waals surface area contributed by atoms with Crippen molar-refractivity contribution in [2.24, 2.45) is 0 Å². The third-order valence-corrected chi connectivity index (χ3v) is 12.2. The van der Waals surface area contributed by atoms with E-state index in [2.05, 4.69) is 41.7 Å². The van der Waals surface area contributed by atoms with Crippen LogP contribution in [0.25, 0.3) is 0 Å². The summed E-state index contributed by atoms with van der Waals surface area (Å²) in [6.45, 7) is 3.65. The van der Waals surface area contributed by atoms with Crippen LogP contribution in [0.1, 0.15) is 91.7 Å². The Morgan fingerprint density at radius 2 is 0.985 bits per heavy atom. The zero-order valence-electron chi connectivity index (χ0n) is 38.4. The van der Waals surface area contributed by atoms with Gasteiger partial charge in [0, 0.05) is 97.0 Å². The van der Waals surface area contributed by atoms with Crippen molar-refractivity contribution in [2.45, 2.75) is 108 Å². The molecule has 0 aromatic heterocycles. The number of unbranched alkanes of at least 4 members (excludes halogenated alkanes) is 2. The van der Waals surface area contributed by atoms with Crippen LogP contribution in [-0.4, -0.2) is 146 Å². The molecule has 1 fully saturated rings. The number of carboxylic acids is 2. The third-order valence-electron chi connectivity index (χ3n) is 11.5. The standard InChI is InChI=1S/C47H70Cl4N8O8.7H2/c48-22-30-58(31-23-49)36-15-9-34(10-16-36)13-19-40(46(64)65)52-26-3-1-6-38-44(62)54-28-5-8-42(60)56-39(45(63)55-29-21-43(61)57-38)7-2-4-27-53-41(47(66)67)20-14-35-11-17-37(18-12-35)59(32-24-50)33-25-51;;;;;;;/h9-12,15-18,38-41,52-53H,1-8,13-14,19-33H2,(H,54,62)(H,55,63)(H,56,60)(H,57,61)(H,64,65)(H,66,67);7*1H/t38-,39-,40+,41-;;;;;;;/m0......./s1. The van der Waals surface area contributed by atoms with Gasteiger partial charge < -0.3 is 51.9 Å². The second-order valence-corrected chi connectivity index (χ2v) is 18.0. The summed E-state index contributed by atoms with van der Waals surface area (Å²) in [7, 11) is 0. The van der Waals surface area contributed by atoms with Gasteiger partial charge in [-0.25, -0.2) is 0 Å². The Morgan fingerprint density at radius 3 is 1.37 bits per heavy atom. The van der Waals surface area contributed by atoms with Crippen molar-refractivity contribution in [3.05, 3.63) is 59.7 Å². The Balaban J connectivity index is -0.00000227. The maximum atomic E-state index is 13.2. The average Bonchev–Trinajstić information content (AvgIpc) is 3.31. The predicted molar refractivity (Wildman–Crippen MR) is 282 cm³/mol. The van der Waals surface area contributed by atoms with Crippen molar-refractivity contribution >= 4 is 93.3 Å². The van der Waals surface area contributed by atoms with Gasteiger partial charge in [-0.3, -0.25) is 28.8 Å². The Morgan fingerprint density at radius 1 is 0.597 bits per heavy atom. The molecule has 3 rings (SSSR count). The van der Waals surface area contributed by atoms with E-state index in [1.54, 1.807) is 0 Å². The molecule has 0 radical (unpaired) electrons. The quantitative estimate of drug-likeness (QED) is 0.0317. The van der Waals surface area contributed by atoms with Gasteiger partial charge in [0.25, 0.3) is 0 Å². The minimum atomic E-state index is -0.953. The van der Waals surface area contributed by atoms with Gasteiger partial charge in [0.15, 0.2) is 0 Å². The highest BCUT2D eigenvalue weighted by Gasteiger charge is 2.25. The summed E-state index contributed by atoms with van der Waals surface area (Å²) in [6.07, 6.45) is 4.94. The lowest BCUT2D eigenvalue weighted by Gasteiger charge is -2.23. The first-order valence-corrected chi connectivity index (χ1v) is 25.5. The Hall–Kier alpha value is -4.06. The lowest BCUT2D eigenvalue weighted by atomic mass is 10.0. The van der Waals surface area contributed by atoms with E-state index < -0.39 is 47.9 Å². The van der Waals surface area contributed by atoms with Crippen LogP contribution in [0.4, 0.5) is 11.4 Å². The van der Waals surface area contributed by atoms with Crippen LogP contribution in [0.3, 0.4) is 0 Å². The summed E-state index contributed by atoms with van der Waals surface area (Å²) < 4.78 is 0. The number of carbonyl (C=O) groups is 6. The van der Waals surface area contributed by atoms with Crippen molar-refractivity contribution in [1.29, 1.82) is 0 Å². The Kier molecular flexibility index (Phi) is 28.6. The number of benzene rings is 2. The summed E-state index contributed by atoms with van der Waals surface area (Å²) in [5, 5.41) is 37.0. The van der Waals surface area contributed by atoms with Crippen molar-refractivity contribution in [3.8, 4) is 0 Å². The maximum Gasteiger partial charge on any atom is 0.320 e. The van der Waals surface area contributed by atoms with Gasteiger partial charge in [-0.1, -0.05) is 24.3 Å². The zero-order valence-corrected chi connectivity index (χ0v) is 41.4. The fourth-order valence-corrected chi connectivity index (χ4v) is 8.54. The summed E-state index contributed by atoms with van der Waals surface area (Å²) in [5.74, 6) is -1.59. The van der Waals surface area contributed by atoms with Crippen molar-refractivity contribution in [1.82, 2.24) is 31.9 Å². The molecule has 2 aromatic rings. The van der Waals surface area contributed by atoms with Gasteiger partial charge in [0.05, 0.1) is 0 Å². The van der Waals surface area contributed by atoms with Gasteiger partial charge >= 0.3 is 11.9 Å². The fourth-order valence-electron chi connectivity index (χ4n) is 7.72. The molecule has 2 aromatic carbocycles. The lowest BCUT2D eigenvalue weighted by Crippen LogP contribution is -2.48. The number of hydrogen-bond acceptors (Lipinski definition) is 10. The van der Waals surface area contributed by atoms with Gasteiger partial charge in [-0.15, -0.1) is 46.4 Å². The van der Waals surface area contributed by atoms with E-state index in [1.165, 1.54) is 0 Å². The number of rotatable bonds is 30. The normalized spacial score (nSPS) is 17.2. The first kappa shape index (κ1) is 57.3. The minimum Gasteiger partial charge on any atom is -0.480 e. The number of alkyl halides is 4. The number of aliphatic carboxylic acids is 2. The van der Waals surface area contributed by atoms with Crippen LogP contribution in [0, 0.1) is 0 Å². The van der Waals surface area contributed by atoms with Gasteiger partial charge in [-0.05, 0) is 119 Å². The van der Waals surface area contributed by atoms with Crippen LogP contribution in [0.5, 0.6) is 0 Å². The molecule has 1 aliphatic rings. The third kappa shape index (κ3) is 22.7. The van der Waals surface area contributed by atoms with Crippen LogP contribution >= 0.6 is 46.4 Å². The molecule has 4 amide bonds. The minimum absolute atomic E-state index is 0. The SMILES string of the molecule is O=C1CCCNC(=O)[C@H](CCCCN[C@H](CCc2ccc(N(CCCl)CCCl)cc2)C(=O)O)NC(=O)CCNC(=O)[C@H](CCCCN[C@@H](CCc2ccc(N(CCCl)CCCl)cc2)C(=O)O)N1.[HH].[HH].[HH].[HH].[HH].[HH].[HH]. The van der Waals surface area contributed by atoms with E-state index in [0.717, 1.165) is 22.5 Å². The van der Waals surface area contributed by atoms with Crippen molar-refractivity contribution < 1.29 is 49.0 Å². The second kappa shape index (κ2) is 33.4. The lowest BCUT2D eigenvalue weighted by molar-refractivity contribution is -0.140. The zero-order chi connectivity index (χ0) is 48.8.